The molecule has 4 aromatic rings. The normalized spacial score (nSPS) is 11.2. The van der Waals surface area contributed by atoms with Gasteiger partial charge in [0.1, 0.15) is 5.82 Å². The Balaban J connectivity index is 1.86. The fourth-order valence-electron chi connectivity index (χ4n) is 3.41. The van der Waals surface area contributed by atoms with E-state index in [4.69, 9.17) is 14.6 Å². The first-order valence-electron chi connectivity index (χ1n) is 10.4. The second-order valence-electron chi connectivity index (χ2n) is 7.31. The number of thioether (sulfide) groups is 1. The Morgan fingerprint density at radius 1 is 1.09 bits per heavy atom. The average molecular weight is 467 g/mol. The molecule has 0 atom stereocenters. The number of hydrogen-bond donors (Lipinski definition) is 0. The maximum atomic E-state index is 13.5. The molecule has 0 aliphatic heterocycles. The van der Waals surface area contributed by atoms with Gasteiger partial charge in [-0.3, -0.25) is 0 Å². The van der Waals surface area contributed by atoms with E-state index in [1.165, 1.54) is 17.7 Å². The molecule has 0 aliphatic carbocycles. The number of halogens is 1. The number of hydrogen-bond acceptors (Lipinski definition) is 7. The summed E-state index contributed by atoms with van der Waals surface area (Å²) in [6, 6.07) is 14.2. The molecule has 33 heavy (non-hydrogen) atoms. The molecule has 0 spiro atoms. The molecule has 0 fully saturated rings. The van der Waals surface area contributed by atoms with Crippen molar-refractivity contribution >= 4 is 23.4 Å². The van der Waals surface area contributed by atoms with Crippen molar-refractivity contribution in [1.82, 2.24) is 19.8 Å². The van der Waals surface area contributed by atoms with Crippen LogP contribution in [0, 0.1) is 12.7 Å². The van der Waals surface area contributed by atoms with Gasteiger partial charge in [-0.25, -0.2) is 13.7 Å². The van der Waals surface area contributed by atoms with E-state index in [1.807, 2.05) is 31.2 Å². The zero-order valence-corrected chi connectivity index (χ0v) is 19.4. The van der Waals surface area contributed by atoms with E-state index in [0.717, 1.165) is 10.5 Å². The summed E-state index contributed by atoms with van der Waals surface area (Å²) in [6.07, 6.45) is 0. The van der Waals surface area contributed by atoms with E-state index in [9.17, 15) is 9.18 Å². The number of aromatic nitrogens is 4. The van der Waals surface area contributed by atoms with Gasteiger partial charge in [0.2, 0.25) is 0 Å². The number of rotatable bonds is 8. The Morgan fingerprint density at radius 2 is 1.82 bits per heavy atom. The number of aryl methyl sites for hydroxylation is 1. The lowest BCUT2D eigenvalue weighted by atomic mass is 10.1. The molecule has 0 N–H and O–H groups in total. The van der Waals surface area contributed by atoms with Crippen molar-refractivity contribution < 1.29 is 18.7 Å². The molecule has 0 radical (unpaired) electrons. The molecule has 170 valence electrons. The van der Waals surface area contributed by atoms with Crippen LogP contribution in [0.4, 0.5) is 4.39 Å². The summed E-state index contributed by atoms with van der Waals surface area (Å²) < 4.78 is 25.7. The van der Waals surface area contributed by atoms with Gasteiger partial charge in [0.05, 0.1) is 30.2 Å². The quantitative estimate of drug-likeness (QED) is 0.271. The summed E-state index contributed by atoms with van der Waals surface area (Å²) >= 11 is 1.56. The van der Waals surface area contributed by atoms with Gasteiger partial charge in [-0.1, -0.05) is 29.8 Å². The summed E-state index contributed by atoms with van der Waals surface area (Å²) in [7, 11) is 1.57. The van der Waals surface area contributed by atoms with Gasteiger partial charge in [0.15, 0.2) is 11.3 Å². The van der Waals surface area contributed by atoms with E-state index in [0.29, 0.717) is 28.4 Å². The molecule has 0 saturated heterocycles. The van der Waals surface area contributed by atoms with Crippen LogP contribution in [0.15, 0.2) is 53.4 Å². The minimum atomic E-state index is -0.557. The number of ether oxygens (including phenoxy) is 2. The monoisotopic (exact) mass is 466 g/mol. The largest absolute Gasteiger partial charge is 0.461 e. The zero-order valence-electron chi connectivity index (χ0n) is 18.5. The van der Waals surface area contributed by atoms with Crippen LogP contribution in [-0.4, -0.2) is 39.5 Å². The van der Waals surface area contributed by atoms with Gasteiger partial charge in [0, 0.05) is 17.8 Å². The summed E-state index contributed by atoms with van der Waals surface area (Å²) in [5.74, 6) is -0.479. The Labute approximate surface area is 194 Å². The average Bonchev–Trinajstić information content (AvgIpc) is 3.17. The summed E-state index contributed by atoms with van der Waals surface area (Å²) in [5.41, 5.74) is 4.33. The van der Waals surface area contributed by atoms with E-state index in [1.54, 1.807) is 42.4 Å². The summed E-state index contributed by atoms with van der Waals surface area (Å²) in [5, 5.41) is 13.2. The number of esters is 1. The zero-order chi connectivity index (χ0) is 23.4. The predicted molar refractivity (Wildman–Crippen MR) is 124 cm³/mol. The lowest BCUT2D eigenvalue weighted by Crippen LogP contribution is -2.16. The molecule has 2 heterocycles. The molecule has 0 aliphatic rings. The van der Waals surface area contributed by atoms with Crippen molar-refractivity contribution in [3.63, 3.8) is 0 Å². The Kier molecular flexibility index (Phi) is 7.00. The lowest BCUT2D eigenvalue weighted by Gasteiger charge is -2.10. The molecular formula is C24H23FN4O3S. The van der Waals surface area contributed by atoms with Gasteiger partial charge >= 0.3 is 5.97 Å². The van der Waals surface area contributed by atoms with Crippen LogP contribution < -0.4 is 0 Å². The van der Waals surface area contributed by atoms with E-state index in [-0.39, 0.29) is 24.7 Å². The second kappa shape index (κ2) is 10.1. The van der Waals surface area contributed by atoms with E-state index in [2.05, 4.69) is 10.2 Å². The van der Waals surface area contributed by atoms with Crippen molar-refractivity contribution in [2.24, 2.45) is 0 Å². The van der Waals surface area contributed by atoms with Gasteiger partial charge in [0.25, 0.3) is 0 Å². The molecule has 2 aromatic heterocycles. The first-order valence-corrected chi connectivity index (χ1v) is 11.4. The number of carbonyl (C=O) groups excluding carboxylic acids is 1. The highest BCUT2D eigenvalue weighted by Crippen LogP contribution is 2.31. The Bertz CT molecular complexity index is 1270. The van der Waals surface area contributed by atoms with Crippen LogP contribution in [0.5, 0.6) is 0 Å². The highest BCUT2D eigenvalue weighted by Gasteiger charge is 2.24. The first kappa shape index (κ1) is 22.9. The Morgan fingerprint density at radius 3 is 2.48 bits per heavy atom. The maximum Gasteiger partial charge on any atom is 0.360 e. The van der Waals surface area contributed by atoms with Crippen LogP contribution in [0.2, 0.25) is 0 Å². The fraction of sp³-hybridized carbons (Fsp3) is 0.250. The SMILES string of the molecule is CCOC(=O)c1nnc2c(-c3ccc(F)cc3)c(COC)nn2c1CSc1ccc(C)cc1. The number of methoxy groups -OCH3 is 1. The third kappa shape index (κ3) is 4.89. The van der Waals surface area contributed by atoms with Crippen molar-refractivity contribution in [2.45, 2.75) is 31.1 Å². The van der Waals surface area contributed by atoms with Crippen LogP contribution in [0.1, 0.15) is 34.4 Å². The Hall–Kier alpha value is -3.30. The maximum absolute atomic E-state index is 13.5. The number of nitrogens with zero attached hydrogens (tertiary/aromatic N) is 4. The van der Waals surface area contributed by atoms with Crippen LogP contribution in [-0.2, 0) is 21.8 Å². The predicted octanol–water partition coefficient (Wildman–Crippen LogP) is 4.85. The highest BCUT2D eigenvalue weighted by molar-refractivity contribution is 7.98. The van der Waals surface area contributed by atoms with Crippen LogP contribution in [0.25, 0.3) is 16.8 Å². The van der Waals surface area contributed by atoms with Gasteiger partial charge in [-0.2, -0.15) is 5.10 Å². The molecule has 7 nitrogen and oxygen atoms in total. The molecular weight excluding hydrogens is 443 g/mol. The number of carbonyl (C=O) groups is 1. The first-order chi connectivity index (χ1) is 16.0. The number of fused-ring (bicyclic) bond motifs is 1. The molecule has 4 rings (SSSR count). The highest BCUT2D eigenvalue weighted by atomic mass is 32.2. The number of benzene rings is 2. The topological polar surface area (TPSA) is 78.6 Å². The second-order valence-corrected chi connectivity index (χ2v) is 8.36. The molecule has 0 amide bonds. The van der Waals surface area contributed by atoms with Crippen molar-refractivity contribution in [1.29, 1.82) is 0 Å². The standard InChI is InChI=1S/C24H23FN4O3S/c1-4-32-24(30)22-20(14-33-18-11-5-15(2)6-12-18)29-23(27-26-22)21(19(28-29)13-31-3)16-7-9-17(25)10-8-16/h5-12H,4,13-14H2,1-3H3. The van der Waals surface area contributed by atoms with E-state index >= 15 is 0 Å². The minimum Gasteiger partial charge on any atom is -0.461 e. The molecule has 9 heteroatoms. The van der Waals surface area contributed by atoms with Gasteiger partial charge < -0.3 is 9.47 Å². The van der Waals surface area contributed by atoms with E-state index < -0.39 is 5.97 Å². The van der Waals surface area contributed by atoms with Crippen LogP contribution in [0.3, 0.4) is 0 Å². The molecule has 0 bridgehead atoms. The summed E-state index contributed by atoms with van der Waals surface area (Å²) in [6.45, 7) is 4.21. The van der Waals surface area contributed by atoms with Crippen molar-refractivity contribution in [3.8, 4) is 11.1 Å². The van der Waals surface area contributed by atoms with Gasteiger partial charge in [-0.15, -0.1) is 22.0 Å². The molecule has 0 unspecified atom stereocenters. The molecule has 2 aromatic carbocycles. The van der Waals surface area contributed by atoms with Crippen molar-refractivity contribution in [3.05, 3.63) is 77.0 Å². The lowest BCUT2D eigenvalue weighted by molar-refractivity contribution is 0.0516. The minimum absolute atomic E-state index is 0.112. The fourth-order valence-corrected chi connectivity index (χ4v) is 4.30. The van der Waals surface area contributed by atoms with Crippen LogP contribution >= 0.6 is 11.8 Å². The third-order valence-electron chi connectivity index (χ3n) is 4.99. The van der Waals surface area contributed by atoms with Crippen molar-refractivity contribution in [2.75, 3.05) is 13.7 Å². The third-order valence-corrected chi connectivity index (χ3v) is 6.01. The summed E-state index contributed by atoms with van der Waals surface area (Å²) in [4.78, 5) is 13.7. The smallest absolute Gasteiger partial charge is 0.360 e. The van der Waals surface area contributed by atoms with Gasteiger partial charge in [-0.05, 0) is 43.7 Å². The molecule has 0 saturated carbocycles.